The molecule has 4 aromatic rings. The van der Waals surface area contributed by atoms with E-state index in [4.69, 9.17) is 0 Å². The minimum absolute atomic E-state index is 0.176. The van der Waals surface area contributed by atoms with Crippen LogP contribution < -0.4 is 9.29 Å². The van der Waals surface area contributed by atoms with Crippen LogP contribution in [0.15, 0.2) is 72.1 Å². The highest BCUT2D eigenvalue weighted by atomic mass is 32.2. The normalized spacial score (nSPS) is 11.6. The van der Waals surface area contributed by atoms with Crippen molar-refractivity contribution in [2.75, 3.05) is 4.72 Å². The summed E-state index contributed by atoms with van der Waals surface area (Å²) >= 11 is 0. The molecular formula is C20H20N5O2S+. The molecule has 0 saturated carbocycles. The molecule has 28 heavy (non-hydrogen) atoms. The lowest BCUT2D eigenvalue weighted by Crippen LogP contribution is -2.29. The molecule has 0 aliphatic carbocycles. The molecule has 2 aromatic carbocycles. The number of nitrogens with zero attached hydrogens (tertiary/aromatic N) is 4. The van der Waals surface area contributed by atoms with Crippen molar-refractivity contribution in [1.29, 1.82) is 0 Å². The van der Waals surface area contributed by atoms with Crippen LogP contribution in [0.3, 0.4) is 0 Å². The fraction of sp³-hybridized carbons (Fsp3) is 0.150. The molecule has 4 rings (SSSR count). The lowest BCUT2D eigenvalue weighted by molar-refractivity contribution is -0.692. The molecule has 0 atom stereocenters. The van der Waals surface area contributed by atoms with E-state index in [9.17, 15) is 8.42 Å². The van der Waals surface area contributed by atoms with E-state index in [1.807, 2.05) is 55.3 Å². The molecule has 0 unspecified atom stereocenters. The Kier molecular flexibility index (Phi) is 4.56. The Morgan fingerprint density at radius 3 is 2.36 bits per heavy atom. The van der Waals surface area contributed by atoms with E-state index >= 15 is 0 Å². The largest absolute Gasteiger partial charge is 0.270 e. The molecule has 2 aromatic heterocycles. The average Bonchev–Trinajstić information content (AvgIpc) is 3.16. The third kappa shape index (κ3) is 3.46. The molecule has 0 aliphatic rings. The molecule has 142 valence electrons. The summed E-state index contributed by atoms with van der Waals surface area (Å²) in [6.45, 7) is 4.72. The first kappa shape index (κ1) is 18.1. The Morgan fingerprint density at radius 2 is 1.71 bits per heavy atom. The second-order valence-electron chi connectivity index (χ2n) is 6.45. The van der Waals surface area contributed by atoms with E-state index in [1.54, 1.807) is 34.9 Å². The van der Waals surface area contributed by atoms with E-state index < -0.39 is 10.0 Å². The van der Waals surface area contributed by atoms with E-state index in [0.717, 1.165) is 12.1 Å². The van der Waals surface area contributed by atoms with Crippen molar-refractivity contribution < 1.29 is 13.0 Å². The van der Waals surface area contributed by atoms with E-state index in [0.29, 0.717) is 16.9 Å². The van der Waals surface area contributed by atoms with Crippen molar-refractivity contribution in [1.82, 2.24) is 14.5 Å². The zero-order valence-corrected chi connectivity index (χ0v) is 16.4. The van der Waals surface area contributed by atoms with Gasteiger partial charge in [-0.3, -0.25) is 4.72 Å². The van der Waals surface area contributed by atoms with Gasteiger partial charge in [0.25, 0.3) is 15.8 Å². The van der Waals surface area contributed by atoms with Crippen LogP contribution in [0.5, 0.6) is 0 Å². The second-order valence-corrected chi connectivity index (χ2v) is 8.14. The van der Waals surface area contributed by atoms with E-state index in [1.165, 1.54) is 0 Å². The van der Waals surface area contributed by atoms with Gasteiger partial charge < -0.3 is 0 Å². The smallest absolute Gasteiger partial charge is 0.258 e. The summed E-state index contributed by atoms with van der Waals surface area (Å²) in [7, 11) is -3.80. The van der Waals surface area contributed by atoms with Gasteiger partial charge >= 0.3 is 0 Å². The molecule has 0 amide bonds. The molecule has 0 radical (unpaired) electrons. The number of rotatable bonds is 5. The predicted octanol–water partition coefficient (Wildman–Crippen LogP) is 2.84. The number of para-hydroxylation sites is 2. The molecular weight excluding hydrogens is 374 g/mol. The number of aryl methyl sites for hydroxylation is 2. The van der Waals surface area contributed by atoms with Gasteiger partial charge in [0.1, 0.15) is 12.4 Å². The van der Waals surface area contributed by atoms with Gasteiger partial charge in [0.05, 0.1) is 22.5 Å². The number of imidazole rings is 1. The number of sulfonamides is 1. The Balaban J connectivity index is 1.84. The van der Waals surface area contributed by atoms with Crippen LogP contribution in [0, 0.1) is 6.92 Å². The Hall–Kier alpha value is -3.26. The molecule has 0 bridgehead atoms. The summed E-state index contributed by atoms with van der Waals surface area (Å²) < 4.78 is 32.1. The summed E-state index contributed by atoms with van der Waals surface area (Å²) in [6.07, 6.45) is 5.57. The summed E-state index contributed by atoms with van der Waals surface area (Å²) in [6, 6.07) is 14.0. The highest BCUT2D eigenvalue weighted by Gasteiger charge is 2.22. The monoisotopic (exact) mass is 394 g/mol. The van der Waals surface area contributed by atoms with Gasteiger partial charge in [-0.1, -0.05) is 29.8 Å². The molecule has 0 fully saturated rings. The van der Waals surface area contributed by atoms with Gasteiger partial charge in [-0.15, -0.1) is 0 Å². The van der Waals surface area contributed by atoms with Crippen molar-refractivity contribution >= 4 is 26.9 Å². The summed E-state index contributed by atoms with van der Waals surface area (Å²) in [4.78, 5) is 9.35. The molecule has 0 aliphatic heterocycles. The first-order chi connectivity index (χ1) is 13.5. The van der Waals surface area contributed by atoms with Gasteiger partial charge in [0.2, 0.25) is 12.1 Å². The van der Waals surface area contributed by atoms with E-state index in [2.05, 4.69) is 14.7 Å². The van der Waals surface area contributed by atoms with Gasteiger partial charge in [0, 0.05) is 0 Å². The lowest BCUT2D eigenvalue weighted by atomic mass is 10.2. The van der Waals surface area contributed by atoms with Crippen LogP contribution in [0.25, 0.3) is 16.9 Å². The maximum Gasteiger partial charge on any atom is 0.270 e. The first-order valence-corrected chi connectivity index (χ1v) is 10.4. The number of benzene rings is 2. The fourth-order valence-corrected chi connectivity index (χ4v) is 3.85. The van der Waals surface area contributed by atoms with Crippen LogP contribution in [0.1, 0.15) is 12.5 Å². The van der Waals surface area contributed by atoms with Crippen molar-refractivity contribution in [2.45, 2.75) is 25.3 Å². The van der Waals surface area contributed by atoms with Crippen LogP contribution in [0.2, 0.25) is 0 Å². The summed E-state index contributed by atoms with van der Waals surface area (Å²) in [5.74, 6) is 0.597. The number of hydrogen-bond acceptors (Lipinski definition) is 4. The van der Waals surface area contributed by atoms with E-state index in [-0.39, 0.29) is 10.7 Å². The van der Waals surface area contributed by atoms with Gasteiger partial charge in [-0.05, 0) is 38.1 Å². The van der Waals surface area contributed by atoms with Crippen molar-refractivity contribution in [3.8, 4) is 5.82 Å². The summed E-state index contributed by atoms with van der Waals surface area (Å²) in [5.41, 5.74) is 2.29. The molecule has 2 heterocycles. The van der Waals surface area contributed by atoms with Crippen LogP contribution >= 0.6 is 0 Å². The Bertz CT molecular complexity index is 1250. The maximum absolute atomic E-state index is 12.9. The Labute approximate surface area is 163 Å². The van der Waals surface area contributed by atoms with Crippen molar-refractivity contribution in [3.63, 3.8) is 0 Å². The third-order valence-corrected chi connectivity index (χ3v) is 5.77. The van der Waals surface area contributed by atoms with Crippen molar-refractivity contribution in [3.05, 3.63) is 72.8 Å². The van der Waals surface area contributed by atoms with Gasteiger partial charge in [-0.25, -0.2) is 23.0 Å². The molecule has 8 heteroatoms. The zero-order valence-electron chi connectivity index (χ0n) is 15.6. The second kappa shape index (κ2) is 7.05. The van der Waals surface area contributed by atoms with Crippen LogP contribution in [-0.4, -0.2) is 23.0 Å². The minimum Gasteiger partial charge on any atom is -0.258 e. The topological polar surface area (TPSA) is 80.8 Å². The predicted molar refractivity (Wildman–Crippen MR) is 107 cm³/mol. The standard InChI is InChI=1S/C20H20N5O2S/c1-3-24-12-13-25(14-24)20-19(21-17-6-4-5-7-18(17)22-20)23-28(26,27)16-10-8-15(2)9-11-16/h4-14H,3H2,1-2H3,(H,21,23)/q+1. The number of hydrogen-bond donors (Lipinski definition) is 1. The fourth-order valence-electron chi connectivity index (χ4n) is 2.85. The number of aromatic nitrogens is 4. The van der Waals surface area contributed by atoms with Crippen molar-refractivity contribution in [2.24, 2.45) is 0 Å². The summed E-state index contributed by atoms with van der Waals surface area (Å²) in [5, 5.41) is 0. The molecule has 0 spiro atoms. The van der Waals surface area contributed by atoms with Crippen LogP contribution in [-0.2, 0) is 16.6 Å². The van der Waals surface area contributed by atoms with Gasteiger partial charge in [-0.2, -0.15) is 4.57 Å². The molecule has 0 saturated heterocycles. The third-order valence-electron chi connectivity index (χ3n) is 4.42. The molecule has 7 nitrogen and oxygen atoms in total. The highest BCUT2D eigenvalue weighted by Crippen LogP contribution is 2.23. The number of anilines is 1. The molecule has 1 N–H and O–H groups in total. The first-order valence-electron chi connectivity index (χ1n) is 8.90. The Morgan fingerprint density at radius 1 is 1.04 bits per heavy atom. The quantitative estimate of drug-likeness (QED) is 0.528. The average molecular weight is 394 g/mol. The minimum atomic E-state index is -3.80. The lowest BCUT2D eigenvalue weighted by Gasteiger charge is -2.10. The number of fused-ring (bicyclic) bond motifs is 1. The highest BCUT2D eigenvalue weighted by molar-refractivity contribution is 7.92. The maximum atomic E-state index is 12.9. The zero-order chi connectivity index (χ0) is 19.7. The van der Waals surface area contributed by atoms with Gasteiger partial charge in [0.15, 0.2) is 0 Å². The van der Waals surface area contributed by atoms with Crippen LogP contribution in [0.4, 0.5) is 5.82 Å². The SMILES string of the molecule is CC[n+]1ccn(-c2nc3ccccc3nc2NS(=O)(=O)c2ccc(C)cc2)c1. The number of nitrogens with one attached hydrogen (secondary N) is 1.